The van der Waals surface area contributed by atoms with Crippen LogP contribution in [0.25, 0.3) is 0 Å². The Balaban J connectivity index is 1.95. The topological polar surface area (TPSA) is 36.4 Å². The number of aromatic nitrogens is 1. The minimum Gasteiger partial charge on any atom is -0.339 e. The minimum absolute atomic E-state index is 0.0623. The van der Waals surface area contributed by atoms with Gasteiger partial charge in [0.15, 0.2) is 0 Å². The van der Waals surface area contributed by atoms with Crippen molar-refractivity contribution >= 4 is 17.5 Å². The second kappa shape index (κ2) is 7.04. The zero-order valence-electron chi connectivity index (χ0n) is 12.2. The standard InChI is InChI=1S/C15H22ClN3O/c1-3-18(4-2)13-6-9-19(10-7-13)15(20)12-5-8-17-14(16)11-12/h5,8,11,13H,3-4,6-7,9-10H2,1-2H3. The summed E-state index contributed by atoms with van der Waals surface area (Å²) in [4.78, 5) is 20.7. The van der Waals surface area contributed by atoms with Gasteiger partial charge < -0.3 is 9.80 Å². The molecule has 1 aliphatic heterocycles. The van der Waals surface area contributed by atoms with E-state index >= 15 is 0 Å². The molecule has 0 bridgehead atoms. The lowest BCUT2D eigenvalue weighted by atomic mass is 10.0. The summed E-state index contributed by atoms with van der Waals surface area (Å²) in [6.07, 6.45) is 3.68. The second-order valence-electron chi connectivity index (χ2n) is 5.11. The highest BCUT2D eigenvalue weighted by Crippen LogP contribution is 2.19. The summed E-state index contributed by atoms with van der Waals surface area (Å²) >= 11 is 5.84. The molecule has 110 valence electrons. The molecular weight excluding hydrogens is 274 g/mol. The van der Waals surface area contributed by atoms with E-state index in [1.165, 1.54) is 0 Å². The normalized spacial score (nSPS) is 16.7. The van der Waals surface area contributed by atoms with Gasteiger partial charge in [0.1, 0.15) is 5.15 Å². The fraction of sp³-hybridized carbons (Fsp3) is 0.600. The molecule has 1 fully saturated rings. The van der Waals surface area contributed by atoms with Gasteiger partial charge in [-0.2, -0.15) is 0 Å². The summed E-state index contributed by atoms with van der Waals surface area (Å²) in [5.74, 6) is 0.0623. The Morgan fingerprint density at radius 2 is 2.05 bits per heavy atom. The Bertz CT molecular complexity index is 454. The van der Waals surface area contributed by atoms with E-state index in [1.807, 2.05) is 4.90 Å². The largest absolute Gasteiger partial charge is 0.339 e. The molecule has 1 aliphatic rings. The molecule has 1 aromatic heterocycles. The van der Waals surface area contributed by atoms with Gasteiger partial charge in [-0.15, -0.1) is 0 Å². The number of halogens is 1. The van der Waals surface area contributed by atoms with Crippen LogP contribution in [0.1, 0.15) is 37.0 Å². The van der Waals surface area contributed by atoms with Crippen LogP contribution in [-0.2, 0) is 0 Å². The van der Waals surface area contributed by atoms with Crippen molar-refractivity contribution in [2.75, 3.05) is 26.2 Å². The molecule has 5 heteroatoms. The molecule has 1 saturated heterocycles. The van der Waals surface area contributed by atoms with E-state index in [-0.39, 0.29) is 5.91 Å². The average molecular weight is 296 g/mol. The summed E-state index contributed by atoms with van der Waals surface area (Å²) < 4.78 is 0. The van der Waals surface area contributed by atoms with Crippen molar-refractivity contribution < 1.29 is 4.79 Å². The molecule has 0 radical (unpaired) electrons. The summed E-state index contributed by atoms with van der Waals surface area (Å²) in [5, 5.41) is 0.369. The molecule has 0 unspecified atom stereocenters. The van der Waals surface area contributed by atoms with Crippen LogP contribution in [0.4, 0.5) is 0 Å². The molecule has 0 N–H and O–H groups in total. The molecular formula is C15H22ClN3O. The molecule has 1 aromatic rings. The van der Waals surface area contributed by atoms with Gasteiger partial charge in [-0.25, -0.2) is 4.98 Å². The van der Waals surface area contributed by atoms with Crippen molar-refractivity contribution in [1.29, 1.82) is 0 Å². The number of hydrogen-bond donors (Lipinski definition) is 0. The number of carbonyl (C=O) groups excluding carboxylic acids is 1. The van der Waals surface area contributed by atoms with Gasteiger partial charge in [-0.05, 0) is 38.1 Å². The van der Waals surface area contributed by atoms with E-state index in [0.29, 0.717) is 16.8 Å². The maximum atomic E-state index is 12.4. The van der Waals surface area contributed by atoms with Crippen LogP contribution in [-0.4, -0.2) is 52.9 Å². The summed E-state index contributed by atoms with van der Waals surface area (Å²) in [6, 6.07) is 3.97. The van der Waals surface area contributed by atoms with Crippen molar-refractivity contribution in [3.63, 3.8) is 0 Å². The Morgan fingerprint density at radius 1 is 1.40 bits per heavy atom. The van der Waals surface area contributed by atoms with Crippen molar-refractivity contribution in [1.82, 2.24) is 14.8 Å². The number of piperidine rings is 1. The highest BCUT2D eigenvalue weighted by molar-refractivity contribution is 6.29. The fourth-order valence-corrected chi connectivity index (χ4v) is 3.07. The third-order valence-corrected chi connectivity index (χ3v) is 4.26. The van der Waals surface area contributed by atoms with Crippen LogP contribution < -0.4 is 0 Å². The van der Waals surface area contributed by atoms with Crippen molar-refractivity contribution in [3.05, 3.63) is 29.0 Å². The molecule has 0 aliphatic carbocycles. The second-order valence-corrected chi connectivity index (χ2v) is 5.50. The fourth-order valence-electron chi connectivity index (χ4n) is 2.89. The van der Waals surface area contributed by atoms with Crippen LogP contribution in [0.15, 0.2) is 18.3 Å². The first kappa shape index (κ1) is 15.3. The predicted molar refractivity (Wildman–Crippen MR) is 81.1 cm³/mol. The first-order valence-electron chi connectivity index (χ1n) is 7.30. The number of hydrogen-bond acceptors (Lipinski definition) is 3. The molecule has 20 heavy (non-hydrogen) atoms. The molecule has 0 saturated carbocycles. The SMILES string of the molecule is CCN(CC)C1CCN(C(=O)c2ccnc(Cl)c2)CC1. The number of carbonyl (C=O) groups is 1. The molecule has 2 heterocycles. The third-order valence-electron chi connectivity index (χ3n) is 4.05. The zero-order chi connectivity index (χ0) is 14.5. The Morgan fingerprint density at radius 3 is 2.60 bits per heavy atom. The van der Waals surface area contributed by atoms with E-state index in [0.717, 1.165) is 39.0 Å². The van der Waals surface area contributed by atoms with Crippen LogP contribution in [0.3, 0.4) is 0 Å². The van der Waals surface area contributed by atoms with Crippen molar-refractivity contribution in [3.8, 4) is 0 Å². The quantitative estimate of drug-likeness (QED) is 0.801. The van der Waals surface area contributed by atoms with Crippen LogP contribution in [0.5, 0.6) is 0 Å². The lowest BCUT2D eigenvalue weighted by molar-refractivity contribution is 0.0631. The Labute approximate surface area is 125 Å². The summed E-state index contributed by atoms with van der Waals surface area (Å²) in [6.45, 7) is 8.18. The molecule has 4 nitrogen and oxygen atoms in total. The summed E-state index contributed by atoms with van der Waals surface area (Å²) in [5.41, 5.74) is 0.631. The molecule has 1 amide bonds. The highest BCUT2D eigenvalue weighted by atomic mass is 35.5. The molecule has 0 atom stereocenters. The lowest BCUT2D eigenvalue weighted by Crippen LogP contribution is -2.46. The average Bonchev–Trinajstić information content (AvgIpc) is 2.48. The zero-order valence-corrected chi connectivity index (χ0v) is 12.9. The van der Waals surface area contributed by atoms with Crippen molar-refractivity contribution in [2.24, 2.45) is 0 Å². The van der Waals surface area contributed by atoms with E-state index < -0.39 is 0 Å². The van der Waals surface area contributed by atoms with E-state index in [4.69, 9.17) is 11.6 Å². The van der Waals surface area contributed by atoms with E-state index in [9.17, 15) is 4.79 Å². The van der Waals surface area contributed by atoms with Crippen LogP contribution in [0.2, 0.25) is 5.15 Å². The van der Waals surface area contributed by atoms with Gasteiger partial charge in [0.25, 0.3) is 5.91 Å². The van der Waals surface area contributed by atoms with Crippen LogP contribution in [0, 0.1) is 0 Å². The Kier molecular flexibility index (Phi) is 5.38. The van der Waals surface area contributed by atoms with Crippen LogP contribution >= 0.6 is 11.6 Å². The van der Waals surface area contributed by atoms with Crippen molar-refractivity contribution in [2.45, 2.75) is 32.7 Å². The first-order chi connectivity index (χ1) is 9.65. The maximum Gasteiger partial charge on any atom is 0.254 e. The van der Waals surface area contributed by atoms with Gasteiger partial charge in [0, 0.05) is 30.9 Å². The molecule has 2 rings (SSSR count). The lowest BCUT2D eigenvalue weighted by Gasteiger charge is -2.37. The van der Waals surface area contributed by atoms with Gasteiger partial charge >= 0.3 is 0 Å². The van der Waals surface area contributed by atoms with Gasteiger partial charge in [0.2, 0.25) is 0 Å². The monoisotopic (exact) mass is 295 g/mol. The summed E-state index contributed by atoms with van der Waals surface area (Å²) in [7, 11) is 0. The van der Waals surface area contributed by atoms with Gasteiger partial charge in [0.05, 0.1) is 0 Å². The smallest absolute Gasteiger partial charge is 0.254 e. The Hall–Kier alpha value is -1.13. The predicted octanol–water partition coefficient (Wildman–Crippen LogP) is 2.68. The number of likely N-dealkylation sites (tertiary alicyclic amines) is 1. The maximum absolute atomic E-state index is 12.4. The molecule has 0 spiro atoms. The number of rotatable bonds is 4. The van der Waals surface area contributed by atoms with E-state index in [2.05, 4.69) is 23.7 Å². The third kappa shape index (κ3) is 3.49. The molecule has 0 aromatic carbocycles. The highest BCUT2D eigenvalue weighted by Gasteiger charge is 2.26. The van der Waals surface area contributed by atoms with Gasteiger partial charge in [-0.1, -0.05) is 25.4 Å². The number of nitrogens with zero attached hydrogens (tertiary/aromatic N) is 3. The first-order valence-corrected chi connectivity index (χ1v) is 7.68. The van der Waals surface area contributed by atoms with E-state index in [1.54, 1.807) is 18.3 Å². The number of amides is 1. The minimum atomic E-state index is 0.0623. The number of pyridine rings is 1. The van der Waals surface area contributed by atoms with Gasteiger partial charge in [-0.3, -0.25) is 4.79 Å².